The molecule has 188 valence electrons. The maximum atomic E-state index is 12.5. The molecule has 4 aliphatic rings. The maximum Gasteiger partial charge on any atom is 0.313 e. The average Bonchev–Trinajstić information content (AvgIpc) is 3.07. The molecule has 0 radical (unpaired) electrons. The second-order valence-corrected chi connectivity index (χ2v) is 13.9. The molecule has 0 spiro atoms. The van der Waals surface area contributed by atoms with Gasteiger partial charge in [0.15, 0.2) is 0 Å². The third-order valence-electron chi connectivity index (χ3n) is 11.0. The Hall–Kier alpha value is -0.860. The molecule has 4 fully saturated rings. The fourth-order valence-electron chi connectivity index (χ4n) is 9.49. The van der Waals surface area contributed by atoms with Gasteiger partial charge in [0.1, 0.15) is 17.8 Å². The summed E-state index contributed by atoms with van der Waals surface area (Å²) in [5, 5.41) is 0. The number of rotatable bonds is 6. The first-order valence-corrected chi connectivity index (χ1v) is 14.2. The summed E-state index contributed by atoms with van der Waals surface area (Å²) < 4.78 is 5.34. The Morgan fingerprint density at radius 3 is 2.36 bits per heavy atom. The highest BCUT2D eigenvalue weighted by Gasteiger charge is 2.60. The van der Waals surface area contributed by atoms with Gasteiger partial charge in [0.2, 0.25) is 0 Å². The summed E-state index contributed by atoms with van der Waals surface area (Å²) >= 11 is 0. The van der Waals surface area contributed by atoms with E-state index in [9.17, 15) is 9.59 Å². The number of hydrogen-bond donors (Lipinski definition) is 0. The van der Waals surface area contributed by atoms with Crippen molar-refractivity contribution < 1.29 is 14.3 Å². The molecule has 0 amide bonds. The van der Waals surface area contributed by atoms with Crippen LogP contribution in [-0.2, 0) is 14.3 Å². The fourth-order valence-corrected chi connectivity index (χ4v) is 9.49. The predicted molar refractivity (Wildman–Crippen MR) is 134 cm³/mol. The molecule has 0 N–H and O–H groups in total. The van der Waals surface area contributed by atoms with Gasteiger partial charge < -0.3 is 4.74 Å². The third-order valence-corrected chi connectivity index (χ3v) is 11.0. The highest BCUT2D eigenvalue weighted by atomic mass is 16.6. The van der Waals surface area contributed by atoms with Crippen LogP contribution < -0.4 is 0 Å². The molecule has 3 nitrogen and oxygen atoms in total. The molecule has 0 bridgehead atoms. The molecule has 4 aliphatic carbocycles. The van der Waals surface area contributed by atoms with E-state index in [0.29, 0.717) is 23.2 Å². The Morgan fingerprint density at radius 1 is 0.909 bits per heavy atom. The first kappa shape index (κ1) is 25.2. The Labute approximate surface area is 203 Å². The largest absolute Gasteiger partial charge is 0.460 e. The zero-order valence-corrected chi connectivity index (χ0v) is 22.4. The number of esters is 1. The van der Waals surface area contributed by atoms with Gasteiger partial charge in [0.05, 0.1) is 0 Å². The molecule has 0 aromatic rings. The topological polar surface area (TPSA) is 43.4 Å². The minimum absolute atomic E-state index is 0.0445. The number of carbonyl (C=O) groups excluding carboxylic acids is 2. The summed E-state index contributed by atoms with van der Waals surface area (Å²) in [6.07, 6.45) is 15.8. The van der Waals surface area contributed by atoms with Crippen LogP contribution in [0.2, 0.25) is 0 Å². The minimum atomic E-state index is -0.523. The Bertz CT molecular complexity index is 735. The van der Waals surface area contributed by atoms with Crippen molar-refractivity contribution >= 4 is 11.8 Å². The highest BCUT2D eigenvalue weighted by molar-refractivity contribution is 5.95. The molecule has 0 heterocycles. The van der Waals surface area contributed by atoms with Crippen molar-refractivity contribution in [3.63, 3.8) is 0 Å². The second kappa shape index (κ2) is 9.30. The highest BCUT2D eigenvalue weighted by Crippen LogP contribution is 2.68. The molecule has 1 unspecified atom stereocenters. The van der Waals surface area contributed by atoms with Gasteiger partial charge in [-0.1, -0.05) is 33.6 Å². The molecule has 0 aromatic heterocycles. The summed E-state index contributed by atoms with van der Waals surface area (Å²) in [5.74, 6) is 4.73. The van der Waals surface area contributed by atoms with Crippen molar-refractivity contribution in [2.75, 3.05) is 0 Å². The lowest BCUT2D eigenvalue weighted by Crippen LogP contribution is -2.53. The molecule has 4 saturated carbocycles. The Kier molecular flexibility index (Phi) is 7.12. The van der Waals surface area contributed by atoms with Crippen LogP contribution in [0.1, 0.15) is 125 Å². The van der Waals surface area contributed by atoms with Crippen LogP contribution in [-0.4, -0.2) is 17.4 Å². The first-order chi connectivity index (χ1) is 15.4. The molecular formula is C30H50O3. The Balaban J connectivity index is 1.35. The van der Waals surface area contributed by atoms with Crippen LogP contribution in [0, 0.1) is 46.3 Å². The van der Waals surface area contributed by atoms with Gasteiger partial charge in [-0.05, 0) is 125 Å². The van der Waals surface area contributed by atoms with E-state index < -0.39 is 5.60 Å². The van der Waals surface area contributed by atoms with E-state index in [1.807, 2.05) is 20.8 Å². The lowest BCUT2D eigenvalue weighted by Gasteiger charge is -2.61. The summed E-state index contributed by atoms with van der Waals surface area (Å²) in [5.41, 5.74) is 0.539. The van der Waals surface area contributed by atoms with Crippen molar-refractivity contribution in [2.24, 2.45) is 46.3 Å². The summed E-state index contributed by atoms with van der Waals surface area (Å²) in [6, 6.07) is 0. The van der Waals surface area contributed by atoms with E-state index in [2.05, 4.69) is 20.8 Å². The summed E-state index contributed by atoms with van der Waals surface area (Å²) in [4.78, 5) is 24.5. The van der Waals surface area contributed by atoms with Crippen molar-refractivity contribution in [1.82, 2.24) is 0 Å². The van der Waals surface area contributed by atoms with Crippen LogP contribution in [0.15, 0.2) is 0 Å². The van der Waals surface area contributed by atoms with Gasteiger partial charge in [-0.3, -0.25) is 9.59 Å². The van der Waals surface area contributed by atoms with Crippen LogP contribution >= 0.6 is 0 Å². The van der Waals surface area contributed by atoms with Gasteiger partial charge in [0.25, 0.3) is 0 Å². The molecule has 0 aromatic carbocycles. The Morgan fingerprint density at radius 2 is 1.64 bits per heavy atom. The molecule has 0 saturated heterocycles. The van der Waals surface area contributed by atoms with E-state index in [1.165, 1.54) is 64.2 Å². The number of Topliss-reactive ketones (excluding diaryl/α,β-unsaturated/α-hetero) is 1. The van der Waals surface area contributed by atoms with E-state index in [0.717, 1.165) is 36.0 Å². The molecule has 33 heavy (non-hydrogen) atoms. The number of ketones is 1. The normalized spacial score (nSPS) is 41.5. The van der Waals surface area contributed by atoms with E-state index in [4.69, 9.17) is 4.74 Å². The quantitative estimate of drug-likeness (QED) is 0.302. The van der Waals surface area contributed by atoms with Crippen LogP contribution in [0.25, 0.3) is 0 Å². The number of ether oxygens (including phenoxy) is 1. The molecule has 4 rings (SSSR count). The zero-order chi connectivity index (χ0) is 24.0. The summed E-state index contributed by atoms with van der Waals surface area (Å²) in [6.45, 7) is 13.2. The number of carbonyl (C=O) groups is 2. The lowest BCUT2D eigenvalue weighted by molar-refractivity contribution is -0.156. The van der Waals surface area contributed by atoms with Crippen LogP contribution in [0.3, 0.4) is 0 Å². The maximum absolute atomic E-state index is 12.5. The van der Waals surface area contributed by atoms with Gasteiger partial charge in [-0.15, -0.1) is 0 Å². The van der Waals surface area contributed by atoms with Crippen molar-refractivity contribution in [3.05, 3.63) is 0 Å². The predicted octanol–water partition coefficient (Wildman–Crippen LogP) is 7.75. The fraction of sp³-hybridized carbons (Fsp3) is 0.933. The van der Waals surface area contributed by atoms with Gasteiger partial charge in [-0.2, -0.15) is 0 Å². The standard InChI is InChI=1S/C30H50O3/c1-20(10-12-22(31)19-27(32)33-28(2,3)4)24-14-15-25-23-13-11-21-9-7-8-17-29(21,5)26(23)16-18-30(24,25)6/h20-21,23-26H,7-19H2,1-6H3/t20-,21?,23+,24-,25+,26+,29+,30-/m1/s1. The number of fused-ring (bicyclic) bond motifs is 5. The van der Waals surface area contributed by atoms with Crippen molar-refractivity contribution in [1.29, 1.82) is 0 Å². The molecule has 3 heteroatoms. The van der Waals surface area contributed by atoms with Crippen molar-refractivity contribution in [2.45, 2.75) is 131 Å². The average molecular weight is 459 g/mol. The molecule has 8 atom stereocenters. The van der Waals surface area contributed by atoms with Crippen LogP contribution in [0.5, 0.6) is 0 Å². The van der Waals surface area contributed by atoms with E-state index in [1.54, 1.807) is 0 Å². The van der Waals surface area contributed by atoms with E-state index in [-0.39, 0.29) is 18.2 Å². The second-order valence-electron chi connectivity index (χ2n) is 13.9. The molecule has 0 aliphatic heterocycles. The van der Waals surface area contributed by atoms with Crippen molar-refractivity contribution in [3.8, 4) is 0 Å². The zero-order valence-electron chi connectivity index (χ0n) is 22.4. The van der Waals surface area contributed by atoms with E-state index >= 15 is 0 Å². The number of hydrogen-bond acceptors (Lipinski definition) is 3. The third kappa shape index (κ3) is 4.94. The first-order valence-electron chi connectivity index (χ1n) is 14.2. The van der Waals surface area contributed by atoms with Gasteiger partial charge in [-0.25, -0.2) is 0 Å². The van der Waals surface area contributed by atoms with Gasteiger partial charge in [0, 0.05) is 6.42 Å². The van der Waals surface area contributed by atoms with Gasteiger partial charge >= 0.3 is 5.97 Å². The lowest BCUT2D eigenvalue weighted by atomic mass is 9.44. The summed E-state index contributed by atoms with van der Waals surface area (Å²) in [7, 11) is 0. The monoisotopic (exact) mass is 458 g/mol. The minimum Gasteiger partial charge on any atom is -0.460 e. The van der Waals surface area contributed by atoms with Crippen LogP contribution in [0.4, 0.5) is 0 Å². The smallest absolute Gasteiger partial charge is 0.313 e. The molecular weight excluding hydrogens is 408 g/mol. The SMILES string of the molecule is C[C@H](CCC(=O)CC(=O)OC(C)(C)C)[C@H]1CC[C@H]2[C@@H]3CCC4CCCC[C@]4(C)[C@H]3CC[C@]12C.